The Morgan fingerprint density at radius 2 is 0.971 bits per heavy atom. The third-order valence-corrected chi connectivity index (χ3v) is 4.57. The molecule has 0 aromatic heterocycles. The summed E-state index contributed by atoms with van der Waals surface area (Å²) in [4.78, 5) is 32.1. The maximum Gasteiger partial charge on any atom is 0.223 e. The lowest BCUT2D eigenvalue weighted by atomic mass is 9.81. The van der Waals surface area contributed by atoms with Gasteiger partial charge < -0.3 is 21.9 Å². The number of carbonyl (C=O) groups is 3. The molecule has 0 aromatic carbocycles. The summed E-state index contributed by atoms with van der Waals surface area (Å²) in [5.74, 6) is -0.534. The van der Waals surface area contributed by atoms with E-state index in [2.05, 4.69) is 5.32 Å². The molecule has 0 saturated carbocycles. The minimum atomic E-state index is -0.361. The van der Waals surface area contributed by atoms with E-state index in [-0.39, 0.29) is 52.4 Å². The van der Waals surface area contributed by atoms with E-state index in [9.17, 15) is 14.4 Å². The summed E-state index contributed by atoms with van der Waals surface area (Å²) >= 11 is 0. The highest BCUT2D eigenvalue weighted by Crippen LogP contribution is 2.25. The van der Waals surface area contributed by atoms with Gasteiger partial charge in [-0.2, -0.15) is 0 Å². The molecular formula is C27H63N3O4. The molecule has 7 nitrogen and oxygen atoms in total. The van der Waals surface area contributed by atoms with Crippen LogP contribution >= 0.6 is 0 Å². The van der Waals surface area contributed by atoms with Gasteiger partial charge in [-0.05, 0) is 10.8 Å². The Labute approximate surface area is 213 Å². The van der Waals surface area contributed by atoms with Gasteiger partial charge in [0.2, 0.25) is 17.7 Å². The number of primary amides is 2. The van der Waals surface area contributed by atoms with Crippen molar-refractivity contribution >= 4 is 17.7 Å². The van der Waals surface area contributed by atoms with Gasteiger partial charge in [-0.3, -0.25) is 14.4 Å². The topological polar surface area (TPSA) is 136 Å². The molecule has 0 fully saturated rings. The molecule has 0 saturated heterocycles. The van der Waals surface area contributed by atoms with Crippen LogP contribution < -0.4 is 16.8 Å². The van der Waals surface area contributed by atoms with E-state index >= 15 is 0 Å². The van der Waals surface area contributed by atoms with E-state index in [1.165, 1.54) is 0 Å². The molecule has 210 valence electrons. The van der Waals surface area contributed by atoms with Crippen molar-refractivity contribution in [3.8, 4) is 0 Å². The Balaban J connectivity index is -0.0000000795. The van der Waals surface area contributed by atoms with Gasteiger partial charge in [0.1, 0.15) is 0 Å². The van der Waals surface area contributed by atoms with Gasteiger partial charge >= 0.3 is 0 Å². The molecule has 0 aliphatic carbocycles. The number of rotatable bonds is 4. The fourth-order valence-electron chi connectivity index (χ4n) is 1.15. The zero-order valence-corrected chi connectivity index (χ0v) is 25.9. The smallest absolute Gasteiger partial charge is 0.223 e. The monoisotopic (exact) mass is 493 g/mol. The van der Waals surface area contributed by atoms with Gasteiger partial charge in [-0.15, -0.1) is 0 Å². The largest absolute Gasteiger partial charge is 0.395 e. The van der Waals surface area contributed by atoms with Crippen molar-refractivity contribution in [2.24, 2.45) is 39.5 Å². The molecule has 0 aromatic rings. The first-order valence-corrected chi connectivity index (χ1v) is 12.7. The molecule has 0 spiro atoms. The molecule has 0 rings (SSSR count). The Hall–Kier alpha value is -1.63. The van der Waals surface area contributed by atoms with Crippen molar-refractivity contribution in [2.45, 2.75) is 118 Å². The summed E-state index contributed by atoms with van der Waals surface area (Å²) in [5.41, 5.74) is 9.64. The number of hydrogen-bond donors (Lipinski definition) is 4. The second-order valence-corrected chi connectivity index (χ2v) is 10.2. The lowest BCUT2D eigenvalue weighted by Crippen LogP contribution is -2.37. The average Bonchev–Trinajstić information content (AvgIpc) is 2.74. The highest BCUT2D eigenvalue weighted by atomic mass is 16.3. The molecule has 3 amide bonds. The standard InChI is InChI=1S/C9H19NO2.C7H15NO.C5H11NO.3C2H6/c1-7(9(2,3)4)8(12)10-5-6-11;1-5(6(8)9)7(2,3)4;1-5(2,3)4(6)7;3*1-2/h7,11H,5-6H2,1-4H3,(H,10,12);5H,1-4H3,(H2,8,9);1-3H3,(H2,6,7);3*1-2H3/t7-;5-;;;;/m11..../s1. The number of nitrogens with two attached hydrogens (primary N) is 2. The van der Waals surface area contributed by atoms with Crippen molar-refractivity contribution in [1.29, 1.82) is 0 Å². The van der Waals surface area contributed by atoms with Gasteiger partial charge in [0, 0.05) is 23.8 Å². The van der Waals surface area contributed by atoms with Crippen LogP contribution in [0.2, 0.25) is 0 Å². The lowest BCUT2D eigenvalue weighted by molar-refractivity contribution is -0.127. The minimum Gasteiger partial charge on any atom is -0.395 e. The first-order valence-electron chi connectivity index (χ1n) is 12.7. The molecule has 0 aliphatic heterocycles. The maximum atomic E-state index is 11.3. The molecule has 0 radical (unpaired) electrons. The number of carbonyl (C=O) groups excluding carboxylic acids is 3. The first kappa shape index (κ1) is 45.8. The molecule has 0 bridgehead atoms. The highest BCUT2D eigenvalue weighted by Gasteiger charge is 2.26. The van der Waals surface area contributed by atoms with E-state index in [4.69, 9.17) is 16.6 Å². The normalized spacial score (nSPS) is 11.8. The van der Waals surface area contributed by atoms with E-state index < -0.39 is 0 Å². The van der Waals surface area contributed by atoms with E-state index in [0.29, 0.717) is 6.54 Å². The summed E-state index contributed by atoms with van der Waals surface area (Å²) < 4.78 is 0. The second kappa shape index (κ2) is 24.5. The molecule has 6 N–H and O–H groups in total. The van der Waals surface area contributed by atoms with Gasteiger partial charge in [0.05, 0.1) is 6.61 Å². The van der Waals surface area contributed by atoms with Crippen LogP contribution in [0, 0.1) is 28.1 Å². The number of aliphatic hydroxyl groups is 1. The van der Waals surface area contributed by atoms with Crippen LogP contribution in [0.15, 0.2) is 0 Å². The van der Waals surface area contributed by atoms with E-state index in [1.807, 2.05) is 96.9 Å². The summed E-state index contributed by atoms with van der Waals surface area (Å²) in [7, 11) is 0. The van der Waals surface area contributed by atoms with Crippen molar-refractivity contribution in [2.75, 3.05) is 13.2 Å². The minimum absolute atomic E-state index is 0.00258. The number of nitrogens with one attached hydrogen (secondary N) is 1. The van der Waals surface area contributed by atoms with Crippen molar-refractivity contribution in [3.05, 3.63) is 0 Å². The number of hydrogen-bond acceptors (Lipinski definition) is 4. The lowest BCUT2D eigenvalue weighted by Gasteiger charge is -2.25. The third kappa shape index (κ3) is 32.5. The van der Waals surface area contributed by atoms with Gasteiger partial charge in [0.15, 0.2) is 0 Å². The van der Waals surface area contributed by atoms with Gasteiger partial charge in [0.25, 0.3) is 0 Å². The highest BCUT2D eigenvalue weighted by molar-refractivity contribution is 5.79. The van der Waals surface area contributed by atoms with Gasteiger partial charge in [-0.25, -0.2) is 0 Å². The zero-order chi connectivity index (χ0) is 29.5. The fourth-order valence-corrected chi connectivity index (χ4v) is 1.15. The van der Waals surface area contributed by atoms with Crippen LogP contribution in [0.5, 0.6) is 0 Å². The molecule has 2 atom stereocenters. The van der Waals surface area contributed by atoms with Crippen LogP contribution in [0.3, 0.4) is 0 Å². The van der Waals surface area contributed by atoms with Crippen LogP contribution in [0.25, 0.3) is 0 Å². The molecular weight excluding hydrogens is 430 g/mol. The Morgan fingerprint density at radius 3 is 1.09 bits per heavy atom. The van der Waals surface area contributed by atoms with Crippen molar-refractivity contribution < 1.29 is 19.5 Å². The van der Waals surface area contributed by atoms with E-state index in [1.54, 1.807) is 20.8 Å². The predicted octanol–water partition coefficient (Wildman–Crippen LogP) is 5.53. The first-order chi connectivity index (χ1) is 15.2. The Bertz CT molecular complexity index is 486. The summed E-state index contributed by atoms with van der Waals surface area (Å²) in [6.07, 6.45) is 0. The maximum absolute atomic E-state index is 11.3. The molecule has 0 unspecified atom stereocenters. The molecule has 34 heavy (non-hydrogen) atoms. The Kier molecular flexibility index (Phi) is 33.0. The fraction of sp³-hybridized carbons (Fsp3) is 0.889. The third-order valence-electron chi connectivity index (χ3n) is 4.57. The molecule has 7 heteroatoms. The summed E-state index contributed by atoms with van der Waals surface area (Å²) in [6, 6.07) is 0. The quantitative estimate of drug-likeness (QED) is 0.409. The predicted molar refractivity (Wildman–Crippen MR) is 149 cm³/mol. The second-order valence-electron chi connectivity index (χ2n) is 10.2. The van der Waals surface area contributed by atoms with Crippen LogP contribution in [0.1, 0.15) is 118 Å². The van der Waals surface area contributed by atoms with Crippen LogP contribution in [-0.2, 0) is 14.4 Å². The average molecular weight is 494 g/mol. The molecule has 0 heterocycles. The summed E-state index contributed by atoms with van der Waals surface area (Å²) in [6.45, 7) is 33.5. The van der Waals surface area contributed by atoms with Crippen LogP contribution in [0.4, 0.5) is 0 Å². The van der Waals surface area contributed by atoms with Crippen molar-refractivity contribution in [1.82, 2.24) is 5.32 Å². The van der Waals surface area contributed by atoms with Gasteiger partial charge in [-0.1, -0.05) is 118 Å². The van der Waals surface area contributed by atoms with Crippen LogP contribution in [-0.4, -0.2) is 36.0 Å². The SMILES string of the molecule is CC.CC.CC.CC(C)(C)C(N)=O.C[C@H](C(=O)NCCO)C(C)(C)C.C[C@H](C(N)=O)C(C)(C)C. The Morgan fingerprint density at radius 1 is 0.706 bits per heavy atom. The number of amides is 3. The van der Waals surface area contributed by atoms with E-state index in [0.717, 1.165) is 0 Å². The summed E-state index contributed by atoms with van der Waals surface area (Å²) in [5, 5.41) is 11.1. The zero-order valence-electron chi connectivity index (χ0n) is 25.9. The number of aliphatic hydroxyl groups excluding tert-OH is 1. The molecule has 0 aliphatic rings. The van der Waals surface area contributed by atoms with Crippen molar-refractivity contribution in [3.63, 3.8) is 0 Å².